The molecular weight excluding hydrogens is 402 g/mol. The van der Waals surface area contributed by atoms with Gasteiger partial charge in [0.1, 0.15) is 5.15 Å². The molecule has 0 unspecified atom stereocenters. The molecule has 2 heterocycles. The first-order chi connectivity index (χ1) is 14.4. The van der Waals surface area contributed by atoms with E-state index in [0.717, 1.165) is 27.7 Å². The van der Waals surface area contributed by atoms with Crippen LogP contribution in [0.3, 0.4) is 0 Å². The van der Waals surface area contributed by atoms with E-state index in [-0.39, 0.29) is 18.7 Å². The van der Waals surface area contributed by atoms with E-state index < -0.39 is 12.0 Å². The number of aliphatic carboxylic acids is 1. The lowest BCUT2D eigenvalue weighted by atomic mass is 9.98. The van der Waals surface area contributed by atoms with Gasteiger partial charge in [-0.3, -0.25) is 9.59 Å². The smallest absolute Gasteiger partial charge is 0.303 e. The monoisotopic (exact) mass is 421 g/mol. The Kier molecular flexibility index (Phi) is 5.50. The molecule has 1 amide bonds. The maximum atomic E-state index is 12.8. The van der Waals surface area contributed by atoms with Gasteiger partial charge in [-0.15, -0.1) is 0 Å². The van der Waals surface area contributed by atoms with Crippen LogP contribution in [0, 0.1) is 6.92 Å². The molecule has 2 aromatic carbocycles. The Morgan fingerprint density at radius 3 is 2.60 bits per heavy atom. The standard InChI is InChI=1S/C23H20ClN3O3/c1-14-6-8-15(9-7-14)19-13-20(27(26-19)21(28)10-11-22(29)30)17-12-16-4-2-3-5-18(16)25-23(17)24/h2-9,12,20H,10-11,13H2,1H3,(H,29,30)/t20-/m1/s1. The fourth-order valence-corrected chi connectivity index (χ4v) is 3.85. The van der Waals surface area contributed by atoms with E-state index in [2.05, 4.69) is 10.1 Å². The van der Waals surface area contributed by atoms with Gasteiger partial charge in [0, 0.05) is 23.8 Å². The van der Waals surface area contributed by atoms with Crippen molar-refractivity contribution in [2.45, 2.75) is 32.2 Å². The van der Waals surface area contributed by atoms with Crippen LogP contribution in [0.15, 0.2) is 59.7 Å². The topological polar surface area (TPSA) is 82.9 Å². The van der Waals surface area contributed by atoms with Gasteiger partial charge in [-0.2, -0.15) is 5.10 Å². The summed E-state index contributed by atoms with van der Waals surface area (Å²) in [7, 11) is 0. The number of aromatic nitrogens is 1. The first-order valence-corrected chi connectivity index (χ1v) is 10.0. The number of nitrogens with zero attached hydrogens (tertiary/aromatic N) is 3. The van der Waals surface area contributed by atoms with E-state index in [9.17, 15) is 9.59 Å². The number of fused-ring (bicyclic) bond motifs is 1. The zero-order chi connectivity index (χ0) is 21.3. The Labute approximate surface area is 178 Å². The largest absolute Gasteiger partial charge is 0.481 e. The third kappa shape index (κ3) is 4.04. The summed E-state index contributed by atoms with van der Waals surface area (Å²) in [6.07, 6.45) is 0.0951. The summed E-state index contributed by atoms with van der Waals surface area (Å²) in [5.41, 5.74) is 4.28. The number of hydrazone groups is 1. The molecule has 152 valence electrons. The number of carboxylic acids is 1. The molecule has 7 heteroatoms. The molecule has 3 aromatic rings. The number of pyridine rings is 1. The Balaban J connectivity index is 1.73. The molecule has 0 fully saturated rings. The highest BCUT2D eigenvalue weighted by Crippen LogP contribution is 2.37. The second-order valence-corrected chi connectivity index (χ2v) is 7.68. The molecule has 1 atom stereocenters. The van der Waals surface area contributed by atoms with E-state index in [0.29, 0.717) is 17.1 Å². The molecule has 30 heavy (non-hydrogen) atoms. The van der Waals surface area contributed by atoms with Crippen molar-refractivity contribution in [2.75, 3.05) is 0 Å². The van der Waals surface area contributed by atoms with E-state index in [1.54, 1.807) is 0 Å². The molecule has 0 saturated carbocycles. The Morgan fingerprint density at radius 2 is 1.87 bits per heavy atom. The predicted molar refractivity (Wildman–Crippen MR) is 116 cm³/mol. The minimum absolute atomic E-state index is 0.130. The Hall–Kier alpha value is -3.25. The number of hydrogen-bond acceptors (Lipinski definition) is 4. The number of carboxylic acid groups (broad SMARTS) is 1. The third-order valence-corrected chi connectivity index (χ3v) is 5.47. The SMILES string of the molecule is Cc1ccc(C2=NN(C(=O)CCC(=O)O)[C@@H](c3cc4ccccc4nc3Cl)C2)cc1. The molecule has 0 bridgehead atoms. The predicted octanol–water partition coefficient (Wildman–Crippen LogP) is 4.74. The number of rotatable bonds is 5. The van der Waals surface area contributed by atoms with Crippen molar-refractivity contribution in [3.63, 3.8) is 0 Å². The average Bonchev–Trinajstić information content (AvgIpc) is 3.17. The molecule has 6 nitrogen and oxygen atoms in total. The number of amides is 1. The summed E-state index contributed by atoms with van der Waals surface area (Å²) in [5.74, 6) is -1.37. The first kappa shape index (κ1) is 20.0. The molecule has 0 radical (unpaired) electrons. The Morgan fingerprint density at radius 1 is 1.13 bits per heavy atom. The van der Waals surface area contributed by atoms with Gasteiger partial charge in [-0.25, -0.2) is 9.99 Å². The van der Waals surface area contributed by atoms with Gasteiger partial charge < -0.3 is 5.11 Å². The first-order valence-electron chi connectivity index (χ1n) is 9.66. The van der Waals surface area contributed by atoms with Crippen LogP contribution in [-0.4, -0.2) is 32.7 Å². The van der Waals surface area contributed by atoms with Crippen molar-refractivity contribution >= 4 is 40.1 Å². The highest BCUT2D eigenvalue weighted by atomic mass is 35.5. The van der Waals surface area contributed by atoms with E-state index in [1.807, 2.05) is 61.5 Å². The minimum atomic E-state index is -1.02. The quantitative estimate of drug-likeness (QED) is 0.603. The highest BCUT2D eigenvalue weighted by molar-refractivity contribution is 6.30. The van der Waals surface area contributed by atoms with Gasteiger partial charge in [0.25, 0.3) is 0 Å². The molecular formula is C23H20ClN3O3. The number of halogens is 1. The second-order valence-electron chi connectivity index (χ2n) is 7.33. The lowest BCUT2D eigenvalue weighted by molar-refractivity contribution is -0.141. The zero-order valence-corrected chi connectivity index (χ0v) is 17.1. The zero-order valence-electron chi connectivity index (χ0n) is 16.4. The van der Waals surface area contributed by atoms with E-state index >= 15 is 0 Å². The van der Waals surface area contributed by atoms with Crippen LogP contribution in [0.1, 0.15) is 42.0 Å². The van der Waals surface area contributed by atoms with Crippen LogP contribution >= 0.6 is 11.6 Å². The maximum absolute atomic E-state index is 12.8. The van der Waals surface area contributed by atoms with Crippen molar-refractivity contribution in [3.8, 4) is 0 Å². The molecule has 1 aliphatic heterocycles. The second kappa shape index (κ2) is 8.24. The summed E-state index contributed by atoms with van der Waals surface area (Å²) < 4.78 is 0. The number of carbonyl (C=O) groups is 2. The fourth-order valence-electron chi connectivity index (χ4n) is 3.57. The van der Waals surface area contributed by atoms with Gasteiger partial charge in [0.2, 0.25) is 5.91 Å². The van der Waals surface area contributed by atoms with Gasteiger partial charge in [-0.05, 0) is 24.6 Å². The fraction of sp³-hybridized carbons (Fsp3) is 0.217. The molecule has 4 rings (SSSR count). The Bertz CT molecular complexity index is 1160. The van der Waals surface area contributed by atoms with E-state index in [1.165, 1.54) is 5.01 Å². The van der Waals surface area contributed by atoms with Gasteiger partial charge in [0.15, 0.2) is 0 Å². The van der Waals surface area contributed by atoms with Crippen molar-refractivity contribution in [2.24, 2.45) is 5.10 Å². The minimum Gasteiger partial charge on any atom is -0.481 e. The van der Waals surface area contributed by atoms with Gasteiger partial charge >= 0.3 is 5.97 Å². The van der Waals surface area contributed by atoms with Crippen molar-refractivity contribution < 1.29 is 14.7 Å². The normalized spacial score (nSPS) is 16.0. The summed E-state index contributed by atoms with van der Waals surface area (Å²) in [5, 5.41) is 16.1. The van der Waals surface area contributed by atoms with Gasteiger partial charge in [-0.1, -0.05) is 59.6 Å². The molecule has 1 aliphatic rings. The summed E-state index contributed by atoms with van der Waals surface area (Å²) in [4.78, 5) is 28.3. The number of benzene rings is 2. The van der Waals surface area contributed by atoms with Crippen LogP contribution in [-0.2, 0) is 9.59 Å². The lowest BCUT2D eigenvalue weighted by Gasteiger charge is -2.22. The molecule has 1 N–H and O–H groups in total. The summed E-state index contributed by atoms with van der Waals surface area (Å²) >= 11 is 6.50. The number of aryl methyl sites for hydroxylation is 1. The lowest BCUT2D eigenvalue weighted by Crippen LogP contribution is -2.27. The molecule has 1 aromatic heterocycles. The molecule has 0 aliphatic carbocycles. The number of carbonyl (C=O) groups excluding carboxylic acids is 1. The van der Waals surface area contributed by atoms with Crippen LogP contribution < -0.4 is 0 Å². The molecule has 0 spiro atoms. The van der Waals surface area contributed by atoms with Crippen LogP contribution in [0.25, 0.3) is 10.9 Å². The van der Waals surface area contributed by atoms with Crippen LogP contribution in [0.4, 0.5) is 0 Å². The van der Waals surface area contributed by atoms with Crippen LogP contribution in [0.2, 0.25) is 5.15 Å². The maximum Gasteiger partial charge on any atom is 0.303 e. The molecule has 0 saturated heterocycles. The van der Waals surface area contributed by atoms with Crippen molar-refractivity contribution in [1.82, 2.24) is 9.99 Å². The van der Waals surface area contributed by atoms with Gasteiger partial charge in [0.05, 0.1) is 23.7 Å². The highest BCUT2D eigenvalue weighted by Gasteiger charge is 2.34. The van der Waals surface area contributed by atoms with Crippen molar-refractivity contribution in [1.29, 1.82) is 0 Å². The summed E-state index contributed by atoms with van der Waals surface area (Å²) in [6, 6.07) is 17.0. The van der Waals surface area contributed by atoms with Crippen molar-refractivity contribution in [3.05, 3.63) is 76.4 Å². The number of hydrogen-bond donors (Lipinski definition) is 1. The third-order valence-electron chi connectivity index (χ3n) is 5.17. The van der Waals surface area contributed by atoms with E-state index in [4.69, 9.17) is 16.7 Å². The average molecular weight is 422 g/mol. The van der Waals surface area contributed by atoms with Crippen LogP contribution in [0.5, 0.6) is 0 Å². The number of para-hydroxylation sites is 1. The summed E-state index contributed by atoms with van der Waals surface area (Å²) in [6.45, 7) is 2.01.